The first-order chi connectivity index (χ1) is 8.93. The SMILES string of the molecule is CC(C)N(CCNc1ncccc1[N+](=O)[O-])C(C)C. The van der Waals surface area contributed by atoms with Gasteiger partial charge in [-0.1, -0.05) is 0 Å². The van der Waals surface area contributed by atoms with Crippen molar-refractivity contribution in [1.29, 1.82) is 0 Å². The molecule has 0 spiro atoms. The monoisotopic (exact) mass is 266 g/mol. The molecule has 0 fully saturated rings. The molecule has 19 heavy (non-hydrogen) atoms. The van der Waals surface area contributed by atoms with Crippen molar-refractivity contribution < 1.29 is 4.92 Å². The van der Waals surface area contributed by atoms with Crippen LogP contribution in [0, 0.1) is 10.1 Å². The number of hydrogen-bond donors (Lipinski definition) is 1. The molecule has 0 saturated heterocycles. The zero-order chi connectivity index (χ0) is 14.4. The summed E-state index contributed by atoms with van der Waals surface area (Å²) in [5.41, 5.74) is 0.0168. The Hall–Kier alpha value is -1.69. The molecular weight excluding hydrogens is 244 g/mol. The summed E-state index contributed by atoms with van der Waals surface area (Å²) < 4.78 is 0. The topological polar surface area (TPSA) is 71.3 Å². The third kappa shape index (κ3) is 4.48. The molecule has 0 aliphatic rings. The highest BCUT2D eigenvalue weighted by Crippen LogP contribution is 2.19. The van der Waals surface area contributed by atoms with Gasteiger partial charge in [-0.15, -0.1) is 0 Å². The fourth-order valence-electron chi connectivity index (χ4n) is 2.10. The van der Waals surface area contributed by atoms with Gasteiger partial charge in [-0.25, -0.2) is 4.98 Å². The van der Waals surface area contributed by atoms with Crippen LogP contribution >= 0.6 is 0 Å². The Balaban J connectivity index is 2.60. The van der Waals surface area contributed by atoms with Gasteiger partial charge in [0.25, 0.3) is 0 Å². The molecule has 0 aliphatic heterocycles. The first kappa shape index (κ1) is 15.4. The van der Waals surface area contributed by atoms with Crippen molar-refractivity contribution in [2.45, 2.75) is 39.8 Å². The lowest BCUT2D eigenvalue weighted by Crippen LogP contribution is -2.40. The molecule has 0 bridgehead atoms. The molecule has 1 aromatic heterocycles. The molecular formula is C13H22N4O2. The molecule has 6 heteroatoms. The summed E-state index contributed by atoms with van der Waals surface area (Å²) in [7, 11) is 0. The van der Waals surface area contributed by atoms with E-state index in [9.17, 15) is 10.1 Å². The lowest BCUT2D eigenvalue weighted by atomic mass is 10.2. The Bertz CT molecular complexity index is 413. The van der Waals surface area contributed by atoms with Crippen molar-refractivity contribution in [1.82, 2.24) is 9.88 Å². The number of rotatable bonds is 7. The Kier molecular flexibility index (Phi) is 5.69. The van der Waals surface area contributed by atoms with Crippen LogP contribution in [0.2, 0.25) is 0 Å². The summed E-state index contributed by atoms with van der Waals surface area (Å²) in [6.07, 6.45) is 1.55. The summed E-state index contributed by atoms with van der Waals surface area (Å²) in [6.45, 7) is 10.0. The van der Waals surface area contributed by atoms with Crippen LogP contribution in [0.3, 0.4) is 0 Å². The van der Waals surface area contributed by atoms with E-state index in [1.165, 1.54) is 6.07 Å². The Morgan fingerprint density at radius 2 is 2.00 bits per heavy atom. The minimum Gasteiger partial charge on any atom is -0.363 e. The van der Waals surface area contributed by atoms with Crippen molar-refractivity contribution in [3.8, 4) is 0 Å². The van der Waals surface area contributed by atoms with E-state index in [2.05, 4.69) is 42.9 Å². The molecule has 1 N–H and O–H groups in total. The van der Waals surface area contributed by atoms with E-state index >= 15 is 0 Å². The lowest BCUT2D eigenvalue weighted by molar-refractivity contribution is -0.384. The van der Waals surface area contributed by atoms with E-state index < -0.39 is 4.92 Å². The van der Waals surface area contributed by atoms with Gasteiger partial charge in [0.15, 0.2) is 0 Å². The minimum atomic E-state index is -0.419. The van der Waals surface area contributed by atoms with Crippen molar-refractivity contribution >= 4 is 11.5 Å². The fourth-order valence-corrected chi connectivity index (χ4v) is 2.10. The molecule has 0 aliphatic carbocycles. The van der Waals surface area contributed by atoms with Gasteiger partial charge in [-0.05, 0) is 33.8 Å². The summed E-state index contributed by atoms with van der Waals surface area (Å²) in [6, 6.07) is 3.91. The molecule has 0 amide bonds. The third-order valence-corrected chi connectivity index (χ3v) is 2.97. The van der Waals surface area contributed by atoms with Gasteiger partial charge in [0.2, 0.25) is 5.82 Å². The predicted octanol–water partition coefficient (Wildman–Crippen LogP) is 2.52. The average Bonchev–Trinajstić information content (AvgIpc) is 2.33. The molecule has 1 aromatic rings. The van der Waals surface area contributed by atoms with Gasteiger partial charge in [0.1, 0.15) is 0 Å². The van der Waals surface area contributed by atoms with Crippen LogP contribution in [0.1, 0.15) is 27.7 Å². The summed E-state index contributed by atoms with van der Waals surface area (Å²) in [5.74, 6) is 0.333. The van der Waals surface area contributed by atoms with Crippen molar-refractivity contribution in [2.24, 2.45) is 0 Å². The highest BCUT2D eigenvalue weighted by molar-refractivity contribution is 5.54. The number of nitrogens with zero attached hydrogens (tertiary/aromatic N) is 3. The molecule has 0 unspecified atom stereocenters. The summed E-state index contributed by atoms with van der Waals surface area (Å²) in [4.78, 5) is 16.8. The normalized spacial score (nSPS) is 11.3. The highest BCUT2D eigenvalue weighted by atomic mass is 16.6. The predicted molar refractivity (Wildman–Crippen MR) is 76.4 cm³/mol. The maximum absolute atomic E-state index is 10.9. The van der Waals surface area contributed by atoms with Crippen LogP contribution in [0.5, 0.6) is 0 Å². The molecule has 1 rings (SSSR count). The molecule has 0 saturated carbocycles. The van der Waals surface area contributed by atoms with E-state index in [0.717, 1.165) is 6.54 Å². The van der Waals surface area contributed by atoms with Gasteiger partial charge in [0, 0.05) is 37.4 Å². The van der Waals surface area contributed by atoms with Gasteiger partial charge in [-0.3, -0.25) is 15.0 Å². The Morgan fingerprint density at radius 3 is 2.53 bits per heavy atom. The van der Waals surface area contributed by atoms with Crippen LogP contribution in [0.25, 0.3) is 0 Å². The third-order valence-electron chi connectivity index (χ3n) is 2.97. The number of aromatic nitrogens is 1. The maximum atomic E-state index is 10.9. The van der Waals surface area contributed by atoms with Crippen LogP contribution < -0.4 is 5.32 Å². The Morgan fingerprint density at radius 1 is 1.37 bits per heavy atom. The largest absolute Gasteiger partial charge is 0.363 e. The standard InChI is InChI=1S/C13H22N4O2/c1-10(2)16(11(3)4)9-8-15-13-12(17(18)19)6-5-7-14-13/h5-7,10-11H,8-9H2,1-4H3,(H,14,15). The van der Waals surface area contributed by atoms with Gasteiger partial charge >= 0.3 is 5.69 Å². The quantitative estimate of drug-likeness (QED) is 0.606. The summed E-state index contributed by atoms with van der Waals surface area (Å²) >= 11 is 0. The molecule has 106 valence electrons. The minimum absolute atomic E-state index is 0.0168. The summed E-state index contributed by atoms with van der Waals surface area (Å²) in [5, 5.41) is 13.9. The van der Waals surface area contributed by atoms with Crippen molar-refractivity contribution in [3.05, 3.63) is 28.4 Å². The van der Waals surface area contributed by atoms with Crippen molar-refractivity contribution in [3.63, 3.8) is 0 Å². The first-order valence-corrected chi connectivity index (χ1v) is 6.52. The van der Waals surface area contributed by atoms with Gasteiger partial charge in [-0.2, -0.15) is 0 Å². The molecule has 0 radical (unpaired) electrons. The Labute approximate surface area is 114 Å². The first-order valence-electron chi connectivity index (χ1n) is 6.52. The smallest absolute Gasteiger partial charge is 0.311 e. The number of nitrogens with one attached hydrogen (secondary N) is 1. The zero-order valence-corrected chi connectivity index (χ0v) is 12.0. The van der Waals surface area contributed by atoms with Crippen molar-refractivity contribution in [2.75, 3.05) is 18.4 Å². The molecule has 1 heterocycles. The van der Waals surface area contributed by atoms with E-state index in [1.807, 2.05) is 0 Å². The lowest BCUT2D eigenvalue weighted by Gasteiger charge is -2.30. The van der Waals surface area contributed by atoms with Crippen LogP contribution in [0.15, 0.2) is 18.3 Å². The van der Waals surface area contributed by atoms with Crippen LogP contribution in [-0.4, -0.2) is 40.0 Å². The number of pyridine rings is 1. The van der Waals surface area contributed by atoms with Crippen LogP contribution in [0.4, 0.5) is 11.5 Å². The van der Waals surface area contributed by atoms with Gasteiger partial charge in [0.05, 0.1) is 4.92 Å². The van der Waals surface area contributed by atoms with E-state index in [0.29, 0.717) is 24.4 Å². The van der Waals surface area contributed by atoms with Gasteiger partial charge < -0.3 is 5.32 Å². The average molecular weight is 266 g/mol. The number of anilines is 1. The fraction of sp³-hybridized carbons (Fsp3) is 0.615. The zero-order valence-electron chi connectivity index (χ0n) is 12.0. The van der Waals surface area contributed by atoms with E-state index in [1.54, 1.807) is 12.3 Å². The second-order valence-electron chi connectivity index (χ2n) is 4.98. The molecule has 0 atom stereocenters. The van der Waals surface area contributed by atoms with Crippen LogP contribution in [-0.2, 0) is 0 Å². The second kappa shape index (κ2) is 7.04. The van der Waals surface area contributed by atoms with E-state index in [4.69, 9.17) is 0 Å². The second-order valence-corrected chi connectivity index (χ2v) is 4.98. The maximum Gasteiger partial charge on any atom is 0.311 e. The number of hydrogen-bond acceptors (Lipinski definition) is 5. The molecule has 0 aromatic carbocycles. The molecule has 6 nitrogen and oxygen atoms in total. The van der Waals surface area contributed by atoms with E-state index in [-0.39, 0.29) is 5.69 Å². The highest BCUT2D eigenvalue weighted by Gasteiger charge is 2.15. The number of nitro groups is 1.